The van der Waals surface area contributed by atoms with Gasteiger partial charge in [-0.3, -0.25) is 0 Å². The number of hydrogen-bond acceptors (Lipinski definition) is 4. The molecule has 1 aromatic rings. The van der Waals surface area contributed by atoms with Crippen molar-refractivity contribution in [2.45, 2.75) is 37.0 Å². The van der Waals surface area contributed by atoms with Crippen molar-refractivity contribution in [2.24, 2.45) is 5.92 Å². The number of hydrogen-bond donors (Lipinski definition) is 1. The van der Waals surface area contributed by atoms with Crippen LogP contribution in [-0.2, 0) is 9.84 Å². The van der Waals surface area contributed by atoms with E-state index in [4.69, 9.17) is 0 Å². The van der Waals surface area contributed by atoms with E-state index in [0.717, 1.165) is 27.9 Å². The van der Waals surface area contributed by atoms with Gasteiger partial charge in [-0.15, -0.1) is 11.3 Å². The smallest absolute Gasteiger partial charge is 0.150 e. The van der Waals surface area contributed by atoms with Crippen molar-refractivity contribution in [3.8, 4) is 0 Å². The summed E-state index contributed by atoms with van der Waals surface area (Å²) in [5.74, 6) is 0.0593. The molecule has 0 amide bonds. The predicted molar refractivity (Wildman–Crippen MR) is 77.6 cm³/mol. The second-order valence-electron chi connectivity index (χ2n) is 4.96. The van der Waals surface area contributed by atoms with Gasteiger partial charge >= 0.3 is 0 Å². The normalized spacial score (nSPS) is 27.1. The molecule has 6 heteroatoms. The molecule has 3 atom stereocenters. The van der Waals surface area contributed by atoms with E-state index < -0.39 is 15.9 Å². The average molecular weight is 353 g/mol. The molecule has 1 heterocycles. The van der Waals surface area contributed by atoms with Crippen molar-refractivity contribution in [3.63, 3.8) is 0 Å². The van der Waals surface area contributed by atoms with Gasteiger partial charge in [0.2, 0.25) is 0 Å². The molecule has 1 saturated carbocycles. The summed E-state index contributed by atoms with van der Waals surface area (Å²) >= 11 is 4.90. The highest BCUT2D eigenvalue weighted by atomic mass is 79.9. The minimum Gasteiger partial charge on any atom is -0.387 e. The van der Waals surface area contributed by atoms with Crippen molar-refractivity contribution >= 4 is 37.1 Å². The molecule has 102 valence electrons. The molecule has 1 N–H and O–H groups in total. The largest absolute Gasteiger partial charge is 0.387 e. The number of rotatable bonds is 3. The number of thiophene rings is 1. The highest BCUT2D eigenvalue weighted by Crippen LogP contribution is 2.39. The lowest BCUT2D eigenvalue weighted by molar-refractivity contribution is 0.0888. The van der Waals surface area contributed by atoms with E-state index in [2.05, 4.69) is 15.9 Å². The van der Waals surface area contributed by atoms with Crippen LogP contribution in [0.5, 0.6) is 0 Å². The quantitative estimate of drug-likeness (QED) is 0.908. The number of sulfone groups is 1. The van der Waals surface area contributed by atoms with Crippen LogP contribution >= 0.6 is 27.3 Å². The molecule has 2 rings (SSSR count). The Balaban J connectivity index is 2.09. The van der Waals surface area contributed by atoms with Crippen LogP contribution in [0.2, 0.25) is 0 Å². The first kappa shape index (κ1) is 14.5. The molecule has 1 aliphatic carbocycles. The third-order valence-corrected chi connectivity index (χ3v) is 6.94. The van der Waals surface area contributed by atoms with E-state index in [-0.39, 0.29) is 11.2 Å². The van der Waals surface area contributed by atoms with Crippen LogP contribution in [0, 0.1) is 5.92 Å². The van der Waals surface area contributed by atoms with Gasteiger partial charge < -0.3 is 5.11 Å². The summed E-state index contributed by atoms with van der Waals surface area (Å²) in [6.07, 6.45) is 3.86. The molecule has 0 aliphatic heterocycles. The first-order valence-electron chi connectivity index (χ1n) is 6.00. The van der Waals surface area contributed by atoms with Crippen molar-refractivity contribution in [2.75, 3.05) is 6.26 Å². The summed E-state index contributed by atoms with van der Waals surface area (Å²) in [5, 5.41) is 10.1. The van der Waals surface area contributed by atoms with E-state index in [0.29, 0.717) is 6.42 Å². The van der Waals surface area contributed by atoms with Gasteiger partial charge in [0.25, 0.3) is 0 Å². The lowest BCUT2D eigenvalue weighted by Crippen LogP contribution is -2.30. The lowest BCUT2D eigenvalue weighted by atomic mass is 9.84. The molecular formula is C12H17BrO3S2. The minimum atomic E-state index is -2.99. The standard InChI is InChI=1S/C12H17BrO3S2/c1-18(15,16)9-4-2-3-8(7-9)12(14)10-5-6-11(13)17-10/h5-6,8-9,12,14H,2-4,7H2,1H3. The topological polar surface area (TPSA) is 54.4 Å². The number of aliphatic hydroxyl groups is 1. The number of aliphatic hydroxyl groups excluding tert-OH is 1. The first-order chi connectivity index (χ1) is 8.38. The molecule has 0 aromatic carbocycles. The van der Waals surface area contributed by atoms with E-state index >= 15 is 0 Å². The molecule has 1 aliphatic rings. The van der Waals surface area contributed by atoms with Gasteiger partial charge in [-0.25, -0.2) is 8.42 Å². The highest BCUT2D eigenvalue weighted by Gasteiger charge is 2.33. The predicted octanol–water partition coefficient (Wildman–Crippen LogP) is 3.15. The molecule has 1 fully saturated rings. The van der Waals surface area contributed by atoms with Gasteiger partial charge in [-0.2, -0.15) is 0 Å². The Morgan fingerprint density at radius 1 is 1.44 bits per heavy atom. The van der Waals surface area contributed by atoms with Crippen LogP contribution in [0.15, 0.2) is 15.9 Å². The van der Waals surface area contributed by atoms with Crippen LogP contribution in [0.3, 0.4) is 0 Å². The van der Waals surface area contributed by atoms with Gasteiger partial charge in [0.05, 0.1) is 15.1 Å². The Labute approximate surface area is 120 Å². The molecule has 18 heavy (non-hydrogen) atoms. The molecule has 1 aromatic heterocycles. The Morgan fingerprint density at radius 2 is 2.17 bits per heavy atom. The van der Waals surface area contributed by atoms with Crippen LogP contribution in [0.1, 0.15) is 36.7 Å². The lowest BCUT2D eigenvalue weighted by Gasteiger charge is -2.30. The summed E-state index contributed by atoms with van der Waals surface area (Å²) in [7, 11) is -2.99. The molecule has 0 bridgehead atoms. The molecular weight excluding hydrogens is 336 g/mol. The Bertz CT molecular complexity index is 509. The van der Waals surface area contributed by atoms with E-state index in [1.807, 2.05) is 12.1 Å². The van der Waals surface area contributed by atoms with Crippen molar-refractivity contribution in [1.29, 1.82) is 0 Å². The zero-order chi connectivity index (χ0) is 13.3. The van der Waals surface area contributed by atoms with Gasteiger partial charge in [0, 0.05) is 11.1 Å². The van der Waals surface area contributed by atoms with Crippen LogP contribution in [-0.4, -0.2) is 25.0 Å². The van der Waals surface area contributed by atoms with Gasteiger partial charge in [-0.1, -0.05) is 6.42 Å². The average Bonchev–Trinajstić information content (AvgIpc) is 2.74. The summed E-state index contributed by atoms with van der Waals surface area (Å²) in [6, 6.07) is 3.82. The van der Waals surface area contributed by atoms with Crippen molar-refractivity contribution < 1.29 is 13.5 Å². The SMILES string of the molecule is CS(=O)(=O)C1CCCC(C(O)c2ccc(Br)s2)C1. The second kappa shape index (κ2) is 5.61. The van der Waals surface area contributed by atoms with Gasteiger partial charge in [0.15, 0.2) is 0 Å². The van der Waals surface area contributed by atoms with E-state index in [1.54, 1.807) is 0 Å². The van der Waals surface area contributed by atoms with Gasteiger partial charge in [0.1, 0.15) is 9.84 Å². The zero-order valence-electron chi connectivity index (χ0n) is 10.2. The highest BCUT2D eigenvalue weighted by molar-refractivity contribution is 9.11. The summed E-state index contributed by atoms with van der Waals surface area (Å²) in [5.41, 5.74) is 0. The van der Waals surface area contributed by atoms with Crippen molar-refractivity contribution in [1.82, 2.24) is 0 Å². The fourth-order valence-electron chi connectivity index (χ4n) is 2.58. The van der Waals surface area contributed by atoms with Crippen LogP contribution < -0.4 is 0 Å². The maximum Gasteiger partial charge on any atom is 0.150 e. The third-order valence-electron chi connectivity index (χ3n) is 3.60. The molecule has 0 radical (unpaired) electrons. The number of halogens is 1. The van der Waals surface area contributed by atoms with Gasteiger partial charge in [-0.05, 0) is 53.2 Å². The minimum absolute atomic E-state index is 0.0593. The van der Waals surface area contributed by atoms with E-state index in [9.17, 15) is 13.5 Å². The Kier molecular flexibility index (Phi) is 4.52. The monoisotopic (exact) mass is 352 g/mol. The molecule has 0 saturated heterocycles. The fourth-order valence-corrected chi connectivity index (χ4v) is 5.27. The third kappa shape index (κ3) is 3.35. The first-order valence-corrected chi connectivity index (χ1v) is 9.56. The molecule has 0 spiro atoms. The maximum absolute atomic E-state index is 11.6. The molecule has 3 unspecified atom stereocenters. The fraction of sp³-hybridized carbons (Fsp3) is 0.667. The summed E-state index contributed by atoms with van der Waals surface area (Å²) in [4.78, 5) is 0.918. The Hall–Kier alpha value is 0.0900. The molecule has 3 nitrogen and oxygen atoms in total. The van der Waals surface area contributed by atoms with Crippen molar-refractivity contribution in [3.05, 3.63) is 20.8 Å². The zero-order valence-corrected chi connectivity index (χ0v) is 13.4. The summed E-state index contributed by atoms with van der Waals surface area (Å²) in [6.45, 7) is 0. The summed E-state index contributed by atoms with van der Waals surface area (Å²) < 4.78 is 24.2. The maximum atomic E-state index is 11.6. The Morgan fingerprint density at radius 3 is 2.72 bits per heavy atom. The van der Waals surface area contributed by atoms with E-state index in [1.165, 1.54) is 17.6 Å². The van der Waals surface area contributed by atoms with Crippen LogP contribution in [0.4, 0.5) is 0 Å². The van der Waals surface area contributed by atoms with Crippen LogP contribution in [0.25, 0.3) is 0 Å². The second-order valence-corrected chi connectivity index (χ2v) is 9.79.